The van der Waals surface area contributed by atoms with Crippen LogP contribution >= 0.6 is 0 Å². The Labute approximate surface area is 208 Å². The number of aliphatic carboxylic acids is 3. The Kier molecular flexibility index (Phi) is 11.0. The number of phenolic OH excluding ortho intramolecular Hbond substituents is 1. The second kappa shape index (κ2) is 13.9. The SMILES string of the molecule is COC(=O)c1ccc(O)c(CN2CCN(CC(=O)O)/C=C\N(CC(=O)O)CCN(CC(=O)O)CC2)c1. The minimum Gasteiger partial charge on any atom is -0.508 e. The molecule has 1 aliphatic rings. The molecule has 0 atom stereocenters. The molecule has 0 spiro atoms. The van der Waals surface area contributed by atoms with Crippen molar-refractivity contribution in [1.82, 2.24) is 19.6 Å². The lowest BCUT2D eigenvalue weighted by Gasteiger charge is -2.31. The number of aromatic hydroxyl groups is 1. The number of hydrogen-bond acceptors (Lipinski definition) is 10. The predicted molar refractivity (Wildman–Crippen MR) is 126 cm³/mol. The first-order chi connectivity index (χ1) is 17.1. The van der Waals surface area contributed by atoms with Gasteiger partial charge in [-0.15, -0.1) is 0 Å². The maximum absolute atomic E-state index is 11.9. The Balaban J connectivity index is 2.31. The van der Waals surface area contributed by atoms with Crippen LogP contribution in [-0.2, 0) is 25.7 Å². The number of hydrogen-bond donors (Lipinski definition) is 4. The molecule has 0 unspecified atom stereocenters. The number of esters is 1. The van der Waals surface area contributed by atoms with Crippen molar-refractivity contribution in [3.8, 4) is 5.75 Å². The van der Waals surface area contributed by atoms with E-state index >= 15 is 0 Å². The van der Waals surface area contributed by atoms with Gasteiger partial charge < -0.3 is 35.0 Å². The Hall–Kier alpha value is -3.84. The van der Waals surface area contributed by atoms with E-state index < -0.39 is 23.9 Å². The summed E-state index contributed by atoms with van der Waals surface area (Å²) in [4.78, 5) is 52.5. The number of carbonyl (C=O) groups excluding carboxylic acids is 1. The van der Waals surface area contributed by atoms with Gasteiger partial charge in [-0.3, -0.25) is 24.2 Å². The van der Waals surface area contributed by atoms with E-state index in [-0.39, 0.29) is 57.1 Å². The quantitative estimate of drug-likeness (QED) is 0.319. The topological polar surface area (TPSA) is 171 Å². The number of rotatable bonds is 9. The monoisotopic (exact) mass is 508 g/mol. The van der Waals surface area contributed by atoms with Gasteiger partial charge in [0.25, 0.3) is 0 Å². The molecule has 2 rings (SSSR count). The van der Waals surface area contributed by atoms with E-state index in [1.54, 1.807) is 4.90 Å². The van der Waals surface area contributed by atoms with Crippen LogP contribution in [-0.4, -0.2) is 130 Å². The van der Waals surface area contributed by atoms with Crippen LogP contribution in [0.15, 0.2) is 30.6 Å². The lowest BCUT2D eigenvalue weighted by molar-refractivity contribution is -0.139. The molecule has 1 aromatic carbocycles. The standard InChI is InChI=1S/C23H32N4O9/c1-36-23(35)17-2-3-19(28)18(12-17)13-24-4-6-25(14-20(29)30)8-10-27(16-22(33)34)11-9-26(7-5-24)15-21(31)32/h2-3,8,10,12,28H,4-7,9,11,13-16H2,1H3,(H,29,30)(H,31,32)(H,33,34)/b10-8-. The maximum atomic E-state index is 11.9. The highest BCUT2D eigenvalue weighted by Crippen LogP contribution is 2.21. The highest BCUT2D eigenvalue weighted by Gasteiger charge is 2.19. The Morgan fingerprint density at radius 2 is 1.28 bits per heavy atom. The van der Waals surface area contributed by atoms with E-state index in [4.69, 9.17) is 4.74 Å². The van der Waals surface area contributed by atoms with Gasteiger partial charge in [-0.2, -0.15) is 0 Å². The molecule has 0 saturated heterocycles. The highest BCUT2D eigenvalue weighted by atomic mass is 16.5. The third kappa shape index (κ3) is 9.80. The number of ether oxygens (including phenoxy) is 1. The maximum Gasteiger partial charge on any atom is 0.337 e. The van der Waals surface area contributed by atoms with Crippen molar-refractivity contribution in [3.63, 3.8) is 0 Å². The van der Waals surface area contributed by atoms with Crippen LogP contribution in [0.2, 0.25) is 0 Å². The fraction of sp³-hybridized carbons (Fsp3) is 0.478. The van der Waals surface area contributed by atoms with Crippen LogP contribution in [0, 0.1) is 0 Å². The minimum atomic E-state index is -1.07. The van der Waals surface area contributed by atoms with E-state index in [0.717, 1.165) is 0 Å². The molecular weight excluding hydrogens is 476 g/mol. The number of carboxylic acids is 3. The van der Waals surface area contributed by atoms with Gasteiger partial charge in [0.05, 0.1) is 19.2 Å². The zero-order valence-corrected chi connectivity index (χ0v) is 20.1. The summed E-state index contributed by atoms with van der Waals surface area (Å²) in [6, 6.07) is 4.36. The zero-order valence-electron chi connectivity index (χ0n) is 20.1. The first-order valence-corrected chi connectivity index (χ1v) is 11.2. The summed E-state index contributed by atoms with van der Waals surface area (Å²) in [5, 5.41) is 38.2. The third-order valence-electron chi connectivity index (χ3n) is 5.56. The Morgan fingerprint density at radius 1 is 0.778 bits per heavy atom. The normalized spacial score (nSPS) is 17.0. The molecule has 13 heteroatoms. The number of benzene rings is 1. The summed E-state index contributed by atoms with van der Waals surface area (Å²) in [6.45, 7) is 1.14. The van der Waals surface area contributed by atoms with E-state index in [9.17, 15) is 39.6 Å². The molecule has 4 N–H and O–H groups in total. The molecule has 0 fully saturated rings. The van der Waals surface area contributed by atoms with Gasteiger partial charge in [0.15, 0.2) is 0 Å². The molecule has 0 aromatic heterocycles. The number of nitrogens with zero attached hydrogens (tertiary/aromatic N) is 4. The van der Waals surface area contributed by atoms with Gasteiger partial charge in [0.1, 0.15) is 18.8 Å². The molecule has 1 aliphatic heterocycles. The van der Waals surface area contributed by atoms with Crippen LogP contribution < -0.4 is 0 Å². The van der Waals surface area contributed by atoms with Gasteiger partial charge in [0.2, 0.25) is 0 Å². The zero-order chi connectivity index (χ0) is 26.7. The molecule has 36 heavy (non-hydrogen) atoms. The summed E-state index contributed by atoms with van der Waals surface area (Å²) in [5.74, 6) is -3.73. The van der Waals surface area contributed by atoms with Gasteiger partial charge in [0, 0.05) is 63.8 Å². The third-order valence-corrected chi connectivity index (χ3v) is 5.56. The predicted octanol–water partition coefficient (Wildman–Crippen LogP) is -0.375. The second-order valence-corrected chi connectivity index (χ2v) is 8.31. The summed E-state index contributed by atoms with van der Waals surface area (Å²) >= 11 is 0. The Bertz CT molecular complexity index is 969. The Morgan fingerprint density at radius 3 is 1.81 bits per heavy atom. The van der Waals surface area contributed by atoms with E-state index in [1.165, 1.54) is 47.5 Å². The van der Waals surface area contributed by atoms with Crippen molar-refractivity contribution in [1.29, 1.82) is 0 Å². The summed E-state index contributed by atoms with van der Waals surface area (Å²) in [5.41, 5.74) is 0.726. The lowest BCUT2D eigenvalue weighted by Crippen LogP contribution is -2.44. The molecule has 0 amide bonds. The van der Waals surface area contributed by atoms with Crippen LogP contribution in [0.25, 0.3) is 0 Å². The smallest absolute Gasteiger partial charge is 0.337 e. The second-order valence-electron chi connectivity index (χ2n) is 8.31. The van der Waals surface area contributed by atoms with Crippen molar-refractivity contribution in [2.45, 2.75) is 6.54 Å². The number of carbonyl (C=O) groups is 4. The van der Waals surface area contributed by atoms with Crippen LogP contribution in [0.5, 0.6) is 5.75 Å². The van der Waals surface area contributed by atoms with E-state index in [2.05, 4.69) is 0 Å². The molecule has 1 aromatic rings. The first kappa shape index (κ1) is 28.4. The average Bonchev–Trinajstić information content (AvgIpc) is 2.80. The van der Waals surface area contributed by atoms with Crippen LogP contribution in [0.4, 0.5) is 0 Å². The largest absolute Gasteiger partial charge is 0.508 e. The first-order valence-electron chi connectivity index (χ1n) is 11.2. The summed E-state index contributed by atoms with van der Waals surface area (Å²) in [6.07, 6.45) is 3.00. The van der Waals surface area contributed by atoms with Gasteiger partial charge in [-0.25, -0.2) is 4.79 Å². The van der Waals surface area contributed by atoms with E-state index in [1.807, 2.05) is 4.90 Å². The number of methoxy groups -OCH3 is 1. The van der Waals surface area contributed by atoms with Crippen molar-refractivity contribution in [3.05, 3.63) is 41.7 Å². The van der Waals surface area contributed by atoms with Gasteiger partial charge in [-0.1, -0.05) is 0 Å². The average molecular weight is 509 g/mol. The highest BCUT2D eigenvalue weighted by molar-refractivity contribution is 5.89. The van der Waals surface area contributed by atoms with Crippen molar-refractivity contribution in [2.75, 3.05) is 66.0 Å². The fourth-order valence-corrected chi connectivity index (χ4v) is 3.70. The number of phenols is 1. The van der Waals surface area contributed by atoms with Gasteiger partial charge >= 0.3 is 23.9 Å². The van der Waals surface area contributed by atoms with Crippen LogP contribution in [0.3, 0.4) is 0 Å². The van der Waals surface area contributed by atoms with E-state index in [0.29, 0.717) is 25.2 Å². The molecular formula is C23H32N4O9. The lowest BCUT2D eigenvalue weighted by atomic mass is 10.1. The minimum absolute atomic E-state index is 0.0252. The van der Waals surface area contributed by atoms with Crippen molar-refractivity contribution in [2.24, 2.45) is 0 Å². The molecule has 0 bridgehead atoms. The molecule has 1 heterocycles. The van der Waals surface area contributed by atoms with Crippen molar-refractivity contribution >= 4 is 23.9 Å². The summed E-state index contributed by atoms with van der Waals surface area (Å²) < 4.78 is 4.74. The summed E-state index contributed by atoms with van der Waals surface area (Å²) in [7, 11) is 1.25. The molecule has 0 aliphatic carbocycles. The van der Waals surface area contributed by atoms with Gasteiger partial charge in [-0.05, 0) is 18.2 Å². The van der Waals surface area contributed by atoms with Crippen molar-refractivity contribution < 1.29 is 44.3 Å². The molecule has 198 valence electrons. The molecule has 13 nitrogen and oxygen atoms in total. The molecule has 0 saturated carbocycles. The van der Waals surface area contributed by atoms with Crippen LogP contribution in [0.1, 0.15) is 15.9 Å². The number of carboxylic acid groups (broad SMARTS) is 3. The fourth-order valence-electron chi connectivity index (χ4n) is 3.70. The molecule has 0 radical (unpaired) electrons.